The van der Waals surface area contributed by atoms with Crippen molar-refractivity contribution < 1.29 is 9.47 Å². The molecule has 0 spiro atoms. The summed E-state index contributed by atoms with van der Waals surface area (Å²) in [6.07, 6.45) is 19.6. The number of rotatable bonds is 8. The van der Waals surface area contributed by atoms with Gasteiger partial charge in [0.05, 0.1) is 19.3 Å². The molecule has 0 aromatic heterocycles. The molecule has 4 rings (SSSR count). The summed E-state index contributed by atoms with van der Waals surface area (Å²) >= 11 is 0. The highest BCUT2D eigenvalue weighted by molar-refractivity contribution is 4.86. The predicted molar refractivity (Wildman–Crippen MR) is 97.0 cm³/mol. The molecule has 0 aromatic rings. The number of epoxide rings is 1. The van der Waals surface area contributed by atoms with E-state index in [1.54, 1.807) is 0 Å². The number of unbranched alkanes of at least 4 members (excludes halogenated alkanes) is 1. The van der Waals surface area contributed by atoms with Crippen molar-refractivity contribution in [2.75, 3.05) is 19.8 Å². The summed E-state index contributed by atoms with van der Waals surface area (Å²) in [6.45, 7) is 3.24. The molecule has 3 heteroatoms. The Hall–Kier alpha value is -0.120. The Labute approximate surface area is 148 Å². The van der Waals surface area contributed by atoms with Gasteiger partial charge in [-0.1, -0.05) is 32.1 Å². The quantitative estimate of drug-likeness (QED) is 0.473. The third kappa shape index (κ3) is 4.53. The van der Waals surface area contributed by atoms with E-state index in [0.29, 0.717) is 12.3 Å². The molecule has 0 amide bonds. The molecule has 0 N–H and O–H groups in total. The first-order valence-corrected chi connectivity index (χ1v) is 10.9. The molecule has 0 radical (unpaired) electrons. The molecule has 2 unspecified atom stereocenters. The fourth-order valence-electron chi connectivity index (χ4n) is 5.46. The fourth-order valence-corrected chi connectivity index (χ4v) is 5.46. The second kappa shape index (κ2) is 8.51. The number of ether oxygens (including phenoxy) is 2. The van der Waals surface area contributed by atoms with Crippen molar-refractivity contribution in [3.8, 4) is 0 Å². The summed E-state index contributed by atoms with van der Waals surface area (Å²) < 4.78 is 11.2. The maximum atomic E-state index is 5.88. The van der Waals surface area contributed by atoms with Crippen LogP contribution in [0.5, 0.6) is 0 Å². The molecule has 138 valence electrons. The SMILES string of the molecule is C1CCC(C2CCC(N(CCCCC3CO3)C3CCO3)CC2)CC1. The van der Waals surface area contributed by atoms with Crippen molar-refractivity contribution in [1.29, 1.82) is 0 Å². The van der Waals surface area contributed by atoms with Crippen LogP contribution in [0.3, 0.4) is 0 Å². The molecule has 0 aromatic carbocycles. The van der Waals surface area contributed by atoms with Gasteiger partial charge in [-0.25, -0.2) is 0 Å². The van der Waals surface area contributed by atoms with Crippen LogP contribution in [0.4, 0.5) is 0 Å². The van der Waals surface area contributed by atoms with E-state index in [1.165, 1.54) is 90.0 Å². The van der Waals surface area contributed by atoms with Gasteiger partial charge < -0.3 is 9.47 Å². The lowest BCUT2D eigenvalue weighted by molar-refractivity contribution is -0.163. The predicted octanol–water partition coefficient (Wildman–Crippen LogP) is 4.74. The molecule has 2 saturated heterocycles. The van der Waals surface area contributed by atoms with E-state index in [2.05, 4.69) is 4.90 Å². The highest BCUT2D eigenvalue weighted by Crippen LogP contribution is 2.40. The zero-order valence-corrected chi connectivity index (χ0v) is 15.5. The number of nitrogens with zero attached hydrogens (tertiary/aromatic N) is 1. The Bertz CT molecular complexity index is 366. The van der Waals surface area contributed by atoms with Gasteiger partial charge >= 0.3 is 0 Å². The first-order chi connectivity index (χ1) is 11.9. The maximum Gasteiger partial charge on any atom is 0.113 e. The molecule has 2 saturated carbocycles. The van der Waals surface area contributed by atoms with Gasteiger partial charge in [-0.2, -0.15) is 0 Å². The van der Waals surface area contributed by atoms with Gasteiger partial charge in [0.1, 0.15) is 6.23 Å². The van der Waals surface area contributed by atoms with Crippen LogP contribution in [0.15, 0.2) is 0 Å². The van der Waals surface area contributed by atoms with Crippen molar-refractivity contribution in [2.45, 2.75) is 102 Å². The summed E-state index contributed by atoms with van der Waals surface area (Å²) in [5, 5.41) is 0. The van der Waals surface area contributed by atoms with Crippen LogP contribution in [0.2, 0.25) is 0 Å². The van der Waals surface area contributed by atoms with E-state index in [4.69, 9.17) is 9.47 Å². The third-order valence-electron chi connectivity index (χ3n) is 7.17. The Morgan fingerprint density at radius 1 is 0.750 bits per heavy atom. The second-order valence-corrected chi connectivity index (χ2v) is 8.77. The second-order valence-electron chi connectivity index (χ2n) is 8.77. The van der Waals surface area contributed by atoms with Gasteiger partial charge in [-0.15, -0.1) is 0 Å². The Morgan fingerprint density at radius 3 is 2.08 bits per heavy atom. The van der Waals surface area contributed by atoms with Crippen molar-refractivity contribution in [3.05, 3.63) is 0 Å². The van der Waals surface area contributed by atoms with Gasteiger partial charge in [0, 0.05) is 19.0 Å². The normalized spacial score (nSPS) is 37.4. The van der Waals surface area contributed by atoms with E-state index in [0.717, 1.165) is 31.1 Å². The molecule has 4 aliphatic rings. The van der Waals surface area contributed by atoms with Gasteiger partial charge in [-0.05, 0) is 56.8 Å². The van der Waals surface area contributed by atoms with Crippen molar-refractivity contribution in [1.82, 2.24) is 4.90 Å². The Balaban J connectivity index is 1.22. The molecule has 24 heavy (non-hydrogen) atoms. The van der Waals surface area contributed by atoms with Crippen LogP contribution in [0.25, 0.3) is 0 Å². The van der Waals surface area contributed by atoms with Crippen molar-refractivity contribution in [2.24, 2.45) is 11.8 Å². The van der Waals surface area contributed by atoms with E-state index in [-0.39, 0.29) is 0 Å². The highest BCUT2D eigenvalue weighted by Gasteiger charge is 2.35. The van der Waals surface area contributed by atoms with Gasteiger partial charge in [0.2, 0.25) is 0 Å². The minimum atomic E-state index is 0.443. The molecule has 2 atom stereocenters. The first kappa shape index (κ1) is 17.3. The van der Waals surface area contributed by atoms with Gasteiger partial charge in [0.15, 0.2) is 0 Å². The monoisotopic (exact) mass is 335 g/mol. The Kier molecular flexibility index (Phi) is 6.13. The smallest absolute Gasteiger partial charge is 0.113 e. The van der Waals surface area contributed by atoms with Gasteiger partial charge in [0.25, 0.3) is 0 Å². The van der Waals surface area contributed by atoms with Gasteiger partial charge in [-0.3, -0.25) is 4.90 Å². The zero-order valence-electron chi connectivity index (χ0n) is 15.5. The van der Waals surface area contributed by atoms with Crippen LogP contribution in [-0.4, -0.2) is 43.0 Å². The minimum absolute atomic E-state index is 0.443. The first-order valence-electron chi connectivity index (χ1n) is 10.9. The zero-order chi connectivity index (χ0) is 16.2. The van der Waals surface area contributed by atoms with E-state index in [1.807, 2.05) is 0 Å². The lowest BCUT2D eigenvalue weighted by atomic mass is 9.72. The van der Waals surface area contributed by atoms with Crippen LogP contribution in [-0.2, 0) is 9.47 Å². The third-order valence-corrected chi connectivity index (χ3v) is 7.17. The largest absolute Gasteiger partial charge is 0.373 e. The topological polar surface area (TPSA) is 25.0 Å². The molecule has 3 nitrogen and oxygen atoms in total. The molecule has 2 heterocycles. The summed E-state index contributed by atoms with van der Waals surface area (Å²) in [6, 6.07) is 0.798. The van der Waals surface area contributed by atoms with Crippen LogP contribution < -0.4 is 0 Å². The van der Waals surface area contributed by atoms with E-state index in [9.17, 15) is 0 Å². The molecular weight excluding hydrogens is 298 g/mol. The van der Waals surface area contributed by atoms with Crippen molar-refractivity contribution in [3.63, 3.8) is 0 Å². The van der Waals surface area contributed by atoms with E-state index < -0.39 is 0 Å². The fraction of sp³-hybridized carbons (Fsp3) is 1.00. The highest BCUT2D eigenvalue weighted by atomic mass is 16.6. The average Bonchev–Trinajstić information content (AvgIpc) is 3.41. The summed E-state index contributed by atoms with van der Waals surface area (Å²) in [5.41, 5.74) is 0. The lowest BCUT2D eigenvalue weighted by Crippen LogP contribution is -2.51. The molecule has 2 aliphatic heterocycles. The van der Waals surface area contributed by atoms with Crippen LogP contribution in [0, 0.1) is 11.8 Å². The molecule has 2 aliphatic carbocycles. The minimum Gasteiger partial charge on any atom is -0.373 e. The summed E-state index contributed by atoms with van der Waals surface area (Å²) in [4.78, 5) is 2.74. The molecular formula is C21H37NO2. The standard InChI is InChI=1S/C21H37NO2/c1-2-6-17(7-3-1)18-9-11-19(12-10-18)22(21-13-15-23-21)14-5-4-8-20-16-24-20/h17-21H,1-16H2. The molecule has 4 fully saturated rings. The lowest BCUT2D eigenvalue weighted by Gasteiger charge is -2.45. The van der Waals surface area contributed by atoms with E-state index >= 15 is 0 Å². The maximum absolute atomic E-state index is 5.88. The van der Waals surface area contributed by atoms with Crippen LogP contribution >= 0.6 is 0 Å². The average molecular weight is 336 g/mol. The number of hydrogen-bond acceptors (Lipinski definition) is 3. The summed E-state index contributed by atoms with van der Waals surface area (Å²) in [7, 11) is 0. The summed E-state index contributed by atoms with van der Waals surface area (Å²) in [5.74, 6) is 2.10. The number of hydrogen-bond donors (Lipinski definition) is 0. The van der Waals surface area contributed by atoms with Crippen molar-refractivity contribution >= 4 is 0 Å². The van der Waals surface area contributed by atoms with Crippen LogP contribution in [0.1, 0.15) is 83.5 Å². The molecule has 0 bridgehead atoms. The Morgan fingerprint density at radius 2 is 1.46 bits per heavy atom.